The number of hydrogen-bond acceptors (Lipinski definition) is 3. The molecule has 1 saturated heterocycles. The van der Waals surface area contributed by atoms with E-state index < -0.39 is 0 Å². The zero-order chi connectivity index (χ0) is 10.1. The lowest BCUT2D eigenvalue weighted by Crippen LogP contribution is -2.40. The van der Waals surface area contributed by atoms with Gasteiger partial charge >= 0.3 is 0 Å². The van der Waals surface area contributed by atoms with Crippen LogP contribution >= 0.6 is 0 Å². The van der Waals surface area contributed by atoms with E-state index in [1.54, 1.807) is 0 Å². The Kier molecular flexibility index (Phi) is 7.01. The first-order valence-electron chi connectivity index (χ1n) is 5.98. The second kappa shape index (κ2) is 8.21. The largest absolute Gasteiger partial charge is 0.396 e. The van der Waals surface area contributed by atoms with E-state index in [2.05, 4.69) is 10.6 Å². The van der Waals surface area contributed by atoms with E-state index in [9.17, 15) is 0 Å². The Labute approximate surface area is 87.3 Å². The summed E-state index contributed by atoms with van der Waals surface area (Å²) in [5.41, 5.74) is 0. The maximum Gasteiger partial charge on any atom is 0.0431 e. The molecule has 0 unspecified atom stereocenters. The molecular formula is C11H24N2O. The molecule has 14 heavy (non-hydrogen) atoms. The lowest BCUT2D eigenvalue weighted by atomic mass is 10.1. The minimum atomic E-state index is 0.349. The molecule has 0 aromatic heterocycles. The Morgan fingerprint density at radius 2 is 1.79 bits per heavy atom. The molecule has 0 atom stereocenters. The smallest absolute Gasteiger partial charge is 0.0431 e. The van der Waals surface area contributed by atoms with Crippen LogP contribution in [0.25, 0.3) is 0 Å². The first-order valence-corrected chi connectivity index (χ1v) is 5.98. The van der Waals surface area contributed by atoms with Gasteiger partial charge in [0, 0.05) is 12.6 Å². The van der Waals surface area contributed by atoms with Gasteiger partial charge in [0.1, 0.15) is 0 Å². The maximum absolute atomic E-state index is 8.60. The first kappa shape index (κ1) is 12.0. The predicted molar refractivity (Wildman–Crippen MR) is 59.4 cm³/mol. The first-order chi connectivity index (χ1) is 6.93. The standard InChI is InChI=1S/C11H24N2O/c14-10-4-2-1-3-7-13-11-5-8-12-9-6-11/h11-14H,1-10H2. The topological polar surface area (TPSA) is 44.3 Å². The molecule has 0 aromatic rings. The summed E-state index contributed by atoms with van der Waals surface area (Å²) in [4.78, 5) is 0. The monoisotopic (exact) mass is 200 g/mol. The summed E-state index contributed by atoms with van der Waals surface area (Å²) in [7, 11) is 0. The fraction of sp³-hybridized carbons (Fsp3) is 1.00. The molecule has 1 rings (SSSR count). The molecule has 0 aromatic carbocycles. The summed E-state index contributed by atoms with van der Waals surface area (Å²) in [5.74, 6) is 0. The number of piperidine rings is 1. The van der Waals surface area contributed by atoms with Crippen LogP contribution in [-0.4, -0.2) is 37.4 Å². The number of hydrogen-bond donors (Lipinski definition) is 3. The number of aliphatic hydroxyl groups excluding tert-OH is 1. The summed E-state index contributed by atoms with van der Waals surface area (Å²) >= 11 is 0. The molecule has 0 aliphatic carbocycles. The molecule has 3 nitrogen and oxygen atoms in total. The van der Waals surface area contributed by atoms with E-state index in [1.165, 1.54) is 45.2 Å². The van der Waals surface area contributed by atoms with E-state index in [4.69, 9.17) is 5.11 Å². The third-order valence-corrected chi connectivity index (χ3v) is 2.86. The molecular weight excluding hydrogens is 176 g/mol. The third kappa shape index (κ3) is 5.58. The van der Waals surface area contributed by atoms with Crippen LogP contribution in [0.5, 0.6) is 0 Å². The van der Waals surface area contributed by atoms with Gasteiger partial charge in [-0.05, 0) is 45.3 Å². The Bertz CT molecular complexity index is 124. The maximum atomic E-state index is 8.60. The zero-order valence-electron chi connectivity index (χ0n) is 9.10. The molecule has 1 heterocycles. The van der Waals surface area contributed by atoms with Crippen molar-refractivity contribution in [1.29, 1.82) is 0 Å². The van der Waals surface area contributed by atoms with Crippen LogP contribution in [-0.2, 0) is 0 Å². The molecule has 3 heteroatoms. The Morgan fingerprint density at radius 3 is 2.50 bits per heavy atom. The van der Waals surface area contributed by atoms with Gasteiger partial charge in [-0.25, -0.2) is 0 Å². The van der Waals surface area contributed by atoms with Gasteiger partial charge in [-0.3, -0.25) is 0 Å². The van der Waals surface area contributed by atoms with Crippen LogP contribution in [0.1, 0.15) is 38.5 Å². The van der Waals surface area contributed by atoms with Gasteiger partial charge < -0.3 is 15.7 Å². The van der Waals surface area contributed by atoms with E-state index in [0.29, 0.717) is 6.61 Å². The summed E-state index contributed by atoms with van der Waals surface area (Å²) in [5, 5.41) is 15.6. The highest BCUT2D eigenvalue weighted by molar-refractivity contribution is 4.73. The van der Waals surface area contributed by atoms with Crippen LogP contribution in [0, 0.1) is 0 Å². The predicted octanol–water partition coefficient (Wildman–Crippen LogP) is 0.881. The molecule has 0 amide bonds. The normalized spacial score (nSPS) is 18.6. The molecule has 3 N–H and O–H groups in total. The van der Waals surface area contributed by atoms with Crippen molar-refractivity contribution in [3.05, 3.63) is 0 Å². The van der Waals surface area contributed by atoms with Crippen molar-refractivity contribution in [2.75, 3.05) is 26.2 Å². The third-order valence-electron chi connectivity index (χ3n) is 2.86. The highest BCUT2D eigenvalue weighted by Crippen LogP contribution is 2.03. The highest BCUT2D eigenvalue weighted by atomic mass is 16.2. The number of rotatable bonds is 7. The van der Waals surface area contributed by atoms with E-state index in [1.807, 2.05) is 0 Å². The average Bonchev–Trinajstić information content (AvgIpc) is 2.25. The van der Waals surface area contributed by atoms with Crippen molar-refractivity contribution in [2.24, 2.45) is 0 Å². The van der Waals surface area contributed by atoms with E-state index in [0.717, 1.165) is 19.0 Å². The Morgan fingerprint density at radius 1 is 1.07 bits per heavy atom. The zero-order valence-corrected chi connectivity index (χ0v) is 9.10. The molecule has 1 fully saturated rings. The minimum Gasteiger partial charge on any atom is -0.396 e. The molecule has 84 valence electrons. The van der Waals surface area contributed by atoms with Gasteiger partial charge in [0.25, 0.3) is 0 Å². The van der Waals surface area contributed by atoms with Crippen molar-refractivity contribution < 1.29 is 5.11 Å². The lowest BCUT2D eigenvalue weighted by Gasteiger charge is -2.23. The van der Waals surface area contributed by atoms with Crippen LogP contribution < -0.4 is 10.6 Å². The molecule has 0 radical (unpaired) electrons. The lowest BCUT2D eigenvalue weighted by molar-refractivity contribution is 0.282. The van der Waals surface area contributed by atoms with E-state index >= 15 is 0 Å². The minimum absolute atomic E-state index is 0.349. The summed E-state index contributed by atoms with van der Waals surface area (Å²) in [6.45, 7) is 3.84. The van der Waals surface area contributed by atoms with Crippen LogP contribution in [0.15, 0.2) is 0 Å². The van der Waals surface area contributed by atoms with Crippen molar-refractivity contribution in [2.45, 2.75) is 44.6 Å². The van der Waals surface area contributed by atoms with Crippen molar-refractivity contribution >= 4 is 0 Å². The molecule has 0 spiro atoms. The van der Waals surface area contributed by atoms with Crippen LogP contribution in [0.2, 0.25) is 0 Å². The van der Waals surface area contributed by atoms with Crippen molar-refractivity contribution in [3.8, 4) is 0 Å². The van der Waals surface area contributed by atoms with E-state index in [-0.39, 0.29) is 0 Å². The average molecular weight is 200 g/mol. The fourth-order valence-corrected chi connectivity index (χ4v) is 1.92. The number of nitrogens with one attached hydrogen (secondary N) is 2. The van der Waals surface area contributed by atoms with Gasteiger partial charge in [0.05, 0.1) is 0 Å². The Hall–Kier alpha value is -0.120. The fourth-order valence-electron chi connectivity index (χ4n) is 1.92. The van der Waals surface area contributed by atoms with Gasteiger partial charge in [-0.1, -0.05) is 12.8 Å². The summed E-state index contributed by atoms with van der Waals surface area (Å²) < 4.78 is 0. The SMILES string of the molecule is OCCCCCCNC1CCNCC1. The summed E-state index contributed by atoms with van der Waals surface area (Å²) in [6, 6.07) is 0.745. The molecule has 0 saturated carbocycles. The Balaban J connectivity index is 1.82. The second-order valence-electron chi connectivity index (χ2n) is 4.12. The van der Waals surface area contributed by atoms with Gasteiger partial charge in [0.2, 0.25) is 0 Å². The van der Waals surface area contributed by atoms with Gasteiger partial charge in [-0.15, -0.1) is 0 Å². The summed E-state index contributed by atoms with van der Waals surface area (Å²) in [6.07, 6.45) is 7.19. The molecule has 0 bridgehead atoms. The second-order valence-corrected chi connectivity index (χ2v) is 4.12. The van der Waals surface area contributed by atoms with Gasteiger partial charge in [0.15, 0.2) is 0 Å². The number of unbranched alkanes of at least 4 members (excludes halogenated alkanes) is 3. The highest BCUT2D eigenvalue weighted by Gasteiger charge is 2.10. The van der Waals surface area contributed by atoms with Crippen molar-refractivity contribution in [1.82, 2.24) is 10.6 Å². The quantitative estimate of drug-likeness (QED) is 0.535. The van der Waals surface area contributed by atoms with Crippen LogP contribution in [0.4, 0.5) is 0 Å². The van der Waals surface area contributed by atoms with Gasteiger partial charge in [-0.2, -0.15) is 0 Å². The van der Waals surface area contributed by atoms with Crippen molar-refractivity contribution in [3.63, 3.8) is 0 Å². The molecule has 1 aliphatic heterocycles. The molecule has 1 aliphatic rings. The van der Waals surface area contributed by atoms with Crippen LogP contribution in [0.3, 0.4) is 0 Å². The number of aliphatic hydroxyl groups is 1.